The van der Waals surface area contributed by atoms with Crippen LogP contribution in [0.25, 0.3) is 0 Å². The average Bonchev–Trinajstić information content (AvgIpc) is 2.73. The van der Waals surface area contributed by atoms with Crippen molar-refractivity contribution < 1.29 is 23.2 Å². The minimum Gasteiger partial charge on any atom is -0.494 e. The molecule has 8 nitrogen and oxygen atoms in total. The van der Waals surface area contributed by atoms with Crippen LogP contribution in [0.2, 0.25) is 0 Å². The van der Waals surface area contributed by atoms with E-state index in [4.69, 9.17) is 9.94 Å². The van der Waals surface area contributed by atoms with Crippen molar-refractivity contribution in [3.8, 4) is 5.75 Å². The largest absolute Gasteiger partial charge is 0.494 e. The van der Waals surface area contributed by atoms with Gasteiger partial charge in [0.1, 0.15) is 5.75 Å². The van der Waals surface area contributed by atoms with Crippen LogP contribution in [-0.2, 0) is 23.0 Å². The van der Waals surface area contributed by atoms with Crippen molar-refractivity contribution in [1.82, 2.24) is 14.8 Å². The van der Waals surface area contributed by atoms with E-state index in [1.807, 2.05) is 0 Å². The molecule has 1 aromatic heterocycles. The van der Waals surface area contributed by atoms with Gasteiger partial charge < -0.3 is 4.74 Å². The summed E-state index contributed by atoms with van der Waals surface area (Å²) in [6, 6.07) is 7.96. The summed E-state index contributed by atoms with van der Waals surface area (Å²) in [6.07, 6.45) is 3.79. The van der Waals surface area contributed by atoms with Gasteiger partial charge in [-0.25, -0.2) is 13.9 Å². The normalized spacial score (nSPS) is 14.4. The summed E-state index contributed by atoms with van der Waals surface area (Å²) in [5, 5.41) is 8.77. The second-order valence-corrected chi connectivity index (χ2v) is 8.47. The molecule has 9 heteroatoms. The maximum absolute atomic E-state index is 13.0. The highest BCUT2D eigenvalue weighted by Crippen LogP contribution is 2.26. The predicted molar refractivity (Wildman–Crippen MR) is 102 cm³/mol. The van der Waals surface area contributed by atoms with Gasteiger partial charge in [-0.05, 0) is 42.3 Å². The number of hydrogen-bond acceptors (Lipinski definition) is 6. The SMILES string of the molecule is CCCCOc1ccc(S(=O)(=O)N2CCc3ncc(C(=O)NO)cc3C2)cc1. The smallest absolute Gasteiger partial charge is 0.276 e. The van der Waals surface area contributed by atoms with Gasteiger partial charge in [0.25, 0.3) is 5.91 Å². The fourth-order valence-corrected chi connectivity index (χ4v) is 4.40. The first-order valence-corrected chi connectivity index (χ1v) is 10.5. The Balaban J connectivity index is 1.77. The van der Waals surface area contributed by atoms with Crippen molar-refractivity contribution in [3.05, 3.63) is 53.3 Å². The van der Waals surface area contributed by atoms with Crippen LogP contribution in [0.4, 0.5) is 0 Å². The number of hydrogen-bond donors (Lipinski definition) is 2. The lowest BCUT2D eigenvalue weighted by molar-refractivity contribution is 0.0705. The number of amides is 1. The zero-order valence-electron chi connectivity index (χ0n) is 15.6. The Bertz CT molecular complexity index is 945. The summed E-state index contributed by atoms with van der Waals surface area (Å²) in [7, 11) is -3.69. The van der Waals surface area contributed by atoms with Gasteiger partial charge in [-0.3, -0.25) is 15.0 Å². The maximum atomic E-state index is 13.0. The van der Waals surface area contributed by atoms with Crippen molar-refractivity contribution >= 4 is 15.9 Å². The van der Waals surface area contributed by atoms with Crippen molar-refractivity contribution in [3.63, 3.8) is 0 Å². The van der Waals surface area contributed by atoms with Crippen LogP contribution in [0.5, 0.6) is 5.75 Å². The topological polar surface area (TPSA) is 109 Å². The molecule has 0 atom stereocenters. The van der Waals surface area contributed by atoms with Crippen molar-refractivity contribution in [2.24, 2.45) is 0 Å². The molecule has 0 fully saturated rings. The van der Waals surface area contributed by atoms with Gasteiger partial charge in [-0.1, -0.05) is 13.3 Å². The van der Waals surface area contributed by atoms with E-state index in [9.17, 15) is 13.2 Å². The summed E-state index contributed by atoms with van der Waals surface area (Å²) in [4.78, 5) is 16.0. The summed E-state index contributed by atoms with van der Waals surface area (Å²) < 4.78 is 32.9. The second-order valence-electron chi connectivity index (χ2n) is 6.53. The molecule has 1 amide bonds. The summed E-state index contributed by atoms with van der Waals surface area (Å²) in [5.74, 6) is -0.0470. The minimum absolute atomic E-state index is 0.117. The Labute approximate surface area is 164 Å². The van der Waals surface area contributed by atoms with Gasteiger partial charge in [0.2, 0.25) is 10.0 Å². The van der Waals surface area contributed by atoms with Gasteiger partial charge in [-0.2, -0.15) is 4.31 Å². The zero-order valence-corrected chi connectivity index (χ0v) is 16.4. The van der Waals surface area contributed by atoms with Gasteiger partial charge in [0, 0.05) is 31.4 Å². The number of nitrogens with one attached hydrogen (secondary N) is 1. The quantitative estimate of drug-likeness (QED) is 0.415. The number of pyridine rings is 1. The third-order valence-electron chi connectivity index (χ3n) is 4.60. The number of hydroxylamine groups is 1. The van der Waals surface area contributed by atoms with Crippen molar-refractivity contribution in [2.75, 3.05) is 13.2 Å². The van der Waals surface area contributed by atoms with Crippen LogP contribution in [0.1, 0.15) is 41.4 Å². The number of carbonyl (C=O) groups excluding carboxylic acids is 1. The Morgan fingerprint density at radius 1 is 1.32 bits per heavy atom. The molecule has 1 aliphatic rings. The molecule has 0 saturated carbocycles. The third kappa shape index (κ3) is 4.32. The van der Waals surface area contributed by atoms with Crippen LogP contribution < -0.4 is 10.2 Å². The number of rotatable bonds is 7. The summed E-state index contributed by atoms with van der Waals surface area (Å²) in [6.45, 7) is 3.10. The second kappa shape index (κ2) is 8.68. The standard InChI is InChI=1S/C19H23N3O5S/c1-2-3-10-27-16-4-6-17(7-5-16)28(25,26)22-9-8-18-15(13-22)11-14(12-20-18)19(23)21-24/h4-7,11-12,24H,2-3,8-10,13H2,1H3,(H,21,23). The Hall–Kier alpha value is -2.49. The molecule has 0 bridgehead atoms. The predicted octanol–water partition coefficient (Wildman–Crippen LogP) is 2.13. The first-order chi connectivity index (χ1) is 13.5. The van der Waals surface area contributed by atoms with Crippen molar-refractivity contribution in [1.29, 1.82) is 0 Å². The number of aromatic nitrogens is 1. The van der Waals surface area contributed by atoms with Gasteiger partial charge in [-0.15, -0.1) is 0 Å². The molecular formula is C19H23N3O5S. The van der Waals surface area contributed by atoms with E-state index in [1.54, 1.807) is 35.8 Å². The van der Waals surface area contributed by atoms with Gasteiger partial charge in [0.15, 0.2) is 0 Å². The van der Waals surface area contributed by atoms with Crippen LogP contribution in [-0.4, -0.2) is 42.0 Å². The van der Waals surface area contributed by atoms with E-state index in [0.717, 1.165) is 18.5 Å². The molecule has 150 valence electrons. The van der Waals surface area contributed by atoms with E-state index in [1.165, 1.54) is 10.5 Å². The van der Waals surface area contributed by atoms with Gasteiger partial charge in [0.05, 0.1) is 17.1 Å². The molecule has 2 heterocycles. The van der Waals surface area contributed by atoms with Crippen LogP contribution in [0.3, 0.4) is 0 Å². The fourth-order valence-electron chi connectivity index (χ4n) is 2.99. The summed E-state index contributed by atoms with van der Waals surface area (Å²) >= 11 is 0. The molecule has 1 aliphatic heterocycles. The molecule has 2 aromatic rings. The van der Waals surface area contributed by atoms with E-state index in [0.29, 0.717) is 30.9 Å². The Morgan fingerprint density at radius 2 is 2.07 bits per heavy atom. The number of fused-ring (bicyclic) bond motifs is 1. The third-order valence-corrected chi connectivity index (χ3v) is 6.46. The minimum atomic E-state index is -3.69. The highest BCUT2D eigenvalue weighted by atomic mass is 32.2. The number of benzene rings is 1. The van der Waals surface area contributed by atoms with Crippen LogP contribution in [0, 0.1) is 0 Å². The van der Waals surface area contributed by atoms with Crippen molar-refractivity contribution in [2.45, 2.75) is 37.6 Å². The lowest BCUT2D eigenvalue weighted by atomic mass is 10.1. The Kier molecular flexibility index (Phi) is 6.28. The number of unbranched alkanes of at least 4 members (excludes halogenated alkanes) is 1. The molecule has 0 unspecified atom stereocenters. The first-order valence-electron chi connectivity index (χ1n) is 9.11. The molecule has 2 N–H and O–H groups in total. The van der Waals surface area contributed by atoms with E-state index in [2.05, 4.69) is 11.9 Å². The molecule has 0 saturated heterocycles. The maximum Gasteiger partial charge on any atom is 0.276 e. The zero-order chi connectivity index (χ0) is 20.1. The lowest BCUT2D eigenvalue weighted by Crippen LogP contribution is -2.36. The molecule has 1 aromatic carbocycles. The highest BCUT2D eigenvalue weighted by molar-refractivity contribution is 7.89. The Morgan fingerprint density at radius 3 is 2.75 bits per heavy atom. The first kappa shape index (κ1) is 20.2. The van der Waals surface area contributed by atoms with Crippen LogP contribution in [0.15, 0.2) is 41.4 Å². The van der Waals surface area contributed by atoms with E-state index >= 15 is 0 Å². The highest BCUT2D eigenvalue weighted by Gasteiger charge is 2.29. The number of sulfonamides is 1. The van der Waals surface area contributed by atoms with E-state index < -0.39 is 15.9 Å². The average molecular weight is 405 g/mol. The summed E-state index contributed by atoms with van der Waals surface area (Å²) in [5.41, 5.74) is 3.13. The monoisotopic (exact) mass is 405 g/mol. The molecule has 0 spiro atoms. The molecule has 0 aliphatic carbocycles. The van der Waals surface area contributed by atoms with Crippen LogP contribution >= 0.6 is 0 Å². The molecule has 28 heavy (non-hydrogen) atoms. The number of carbonyl (C=O) groups is 1. The fraction of sp³-hybridized carbons (Fsp3) is 0.368. The van der Waals surface area contributed by atoms with E-state index in [-0.39, 0.29) is 17.0 Å². The number of nitrogens with zero attached hydrogens (tertiary/aromatic N) is 2. The van der Waals surface area contributed by atoms with Gasteiger partial charge >= 0.3 is 0 Å². The molecular weight excluding hydrogens is 382 g/mol. The molecule has 0 radical (unpaired) electrons. The number of ether oxygens (including phenoxy) is 1. The molecule has 3 rings (SSSR count). The lowest BCUT2D eigenvalue weighted by Gasteiger charge is -2.27.